The van der Waals surface area contributed by atoms with Crippen LogP contribution in [0.5, 0.6) is 0 Å². The number of carbonyl (C=O) groups is 1. The minimum Gasteiger partial charge on any atom is -0.352 e. The highest BCUT2D eigenvalue weighted by Crippen LogP contribution is 2.22. The van der Waals surface area contributed by atoms with Gasteiger partial charge in [-0.25, -0.2) is 0 Å². The summed E-state index contributed by atoms with van der Waals surface area (Å²) in [7, 11) is 0. The molecule has 0 saturated heterocycles. The highest BCUT2D eigenvalue weighted by atomic mass is 35.5. The van der Waals surface area contributed by atoms with Crippen molar-refractivity contribution in [1.29, 1.82) is 0 Å². The van der Waals surface area contributed by atoms with Gasteiger partial charge in [0.05, 0.1) is 6.04 Å². The Bertz CT molecular complexity index is 432. The predicted molar refractivity (Wildman–Crippen MR) is 85.0 cm³/mol. The topological polar surface area (TPSA) is 41.1 Å². The zero-order valence-corrected chi connectivity index (χ0v) is 13.5. The maximum atomic E-state index is 12.1. The van der Waals surface area contributed by atoms with E-state index in [2.05, 4.69) is 24.5 Å². The van der Waals surface area contributed by atoms with Gasteiger partial charge in [0.1, 0.15) is 0 Å². The highest BCUT2D eigenvalue weighted by Gasteiger charge is 2.19. The molecule has 4 heteroatoms. The summed E-state index contributed by atoms with van der Waals surface area (Å²) in [6, 6.07) is 7.74. The molecule has 0 radical (unpaired) electrons. The summed E-state index contributed by atoms with van der Waals surface area (Å²) < 4.78 is 0. The summed E-state index contributed by atoms with van der Waals surface area (Å²) in [4.78, 5) is 12.1. The summed E-state index contributed by atoms with van der Waals surface area (Å²) in [6.45, 7) is 8.06. The lowest BCUT2D eigenvalue weighted by Crippen LogP contribution is -2.46. The number of carbonyl (C=O) groups excluding carboxylic acids is 1. The summed E-state index contributed by atoms with van der Waals surface area (Å²) in [5.41, 5.74) is 1.01. The Morgan fingerprint density at radius 3 is 2.35 bits per heavy atom. The number of amides is 1. The molecule has 1 aromatic carbocycles. The van der Waals surface area contributed by atoms with Crippen molar-refractivity contribution in [3.05, 3.63) is 34.9 Å². The van der Waals surface area contributed by atoms with Gasteiger partial charge in [-0.05, 0) is 38.3 Å². The Kier molecular flexibility index (Phi) is 7.03. The molecule has 0 aromatic heterocycles. The minimum atomic E-state index is -0.248. The Balaban J connectivity index is 2.59. The molecule has 0 aliphatic carbocycles. The molecular weight excluding hydrogens is 272 g/mol. The quantitative estimate of drug-likeness (QED) is 0.806. The average Bonchev–Trinajstić information content (AvgIpc) is 2.44. The molecule has 1 rings (SSSR count). The van der Waals surface area contributed by atoms with Crippen molar-refractivity contribution in [2.75, 3.05) is 0 Å². The van der Waals surface area contributed by atoms with Gasteiger partial charge in [-0.1, -0.05) is 43.6 Å². The fourth-order valence-electron chi connectivity index (χ4n) is 2.19. The smallest absolute Gasteiger partial charge is 0.237 e. The van der Waals surface area contributed by atoms with Crippen LogP contribution in [0.25, 0.3) is 0 Å². The summed E-state index contributed by atoms with van der Waals surface area (Å²) >= 11 is 6.17. The number of hydrogen-bond acceptors (Lipinski definition) is 2. The van der Waals surface area contributed by atoms with Crippen molar-refractivity contribution >= 4 is 17.5 Å². The second-order valence-corrected chi connectivity index (χ2v) is 5.56. The van der Waals surface area contributed by atoms with Crippen LogP contribution in [0.4, 0.5) is 0 Å². The SMILES string of the molecule is CCC(CC)NC(=O)C(C)N[C@H](C)c1ccccc1Cl. The third-order valence-electron chi connectivity index (χ3n) is 3.60. The summed E-state index contributed by atoms with van der Waals surface area (Å²) in [6.07, 6.45) is 1.91. The van der Waals surface area contributed by atoms with Crippen LogP contribution in [-0.4, -0.2) is 18.0 Å². The van der Waals surface area contributed by atoms with Crippen LogP contribution in [0.2, 0.25) is 5.02 Å². The van der Waals surface area contributed by atoms with Crippen LogP contribution in [0.1, 0.15) is 52.1 Å². The van der Waals surface area contributed by atoms with Gasteiger partial charge < -0.3 is 5.32 Å². The molecule has 1 unspecified atom stereocenters. The van der Waals surface area contributed by atoms with Gasteiger partial charge in [0.25, 0.3) is 0 Å². The Hall–Kier alpha value is -1.06. The van der Waals surface area contributed by atoms with Gasteiger partial charge in [0, 0.05) is 17.1 Å². The van der Waals surface area contributed by atoms with E-state index in [9.17, 15) is 4.79 Å². The Morgan fingerprint density at radius 1 is 1.20 bits per heavy atom. The van der Waals surface area contributed by atoms with Crippen molar-refractivity contribution in [2.24, 2.45) is 0 Å². The van der Waals surface area contributed by atoms with Gasteiger partial charge >= 0.3 is 0 Å². The van der Waals surface area contributed by atoms with E-state index < -0.39 is 0 Å². The molecule has 112 valence electrons. The van der Waals surface area contributed by atoms with E-state index in [1.165, 1.54) is 0 Å². The fraction of sp³-hybridized carbons (Fsp3) is 0.562. The van der Waals surface area contributed by atoms with Gasteiger partial charge in [-0.3, -0.25) is 10.1 Å². The molecule has 0 heterocycles. The number of rotatable bonds is 7. The van der Waals surface area contributed by atoms with Crippen molar-refractivity contribution in [1.82, 2.24) is 10.6 Å². The van der Waals surface area contributed by atoms with Crippen LogP contribution >= 0.6 is 11.6 Å². The second-order valence-electron chi connectivity index (χ2n) is 5.15. The lowest BCUT2D eigenvalue weighted by molar-refractivity contribution is -0.123. The molecule has 0 aliphatic heterocycles. The molecular formula is C16H25ClN2O. The van der Waals surface area contributed by atoms with E-state index in [1.54, 1.807) is 0 Å². The van der Waals surface area contributed by atoms with Gasteiger partial charge in [-0.2, -0.15) is 0 Å². The van der Waals surface area contributed by atoms with Gasteiger partial charge in [0.15, 0.2) is 0 Å². The molecule has 0 saturated carbocycles. The fourth-order valence-corrected chi connectivity index (χ4v) is 2.49. The predicted octanol–water partition coefficient (Wildman–Crippen LogP) is 3.68. The first-order valence-electron chi connectivity index (χ1n) is 7.30. The Labute approximate surface area is 127 Å². The first-order chi connectivity index (χ1) is 9.49. The van der Waals surface area contributed by atoms with E-state index >= 15 is 0 Å². The molecule has 2 N–H and O–H groups in total. The summed E-state index contributed by atoms with van der Waals surface area (Å²) in [5, 5.41) is 7.07. The molecule has 1 amide bonds. The molecule has 2 atom stereocenters. The lowest BCUT2D eigenvalue weighted by Gasteiger charge is -2.23. The molecule has 3 nitrogen and oxygen atoms in total. The molecule has 0 aliphatic rings. The van der Waals surface area contributed by atoms with E-state index in [0.29, 0.717) is 0 Å². The number of hydrogen-bond donors (Lipinski definition) is 2. The zero-order valence-electron chi connectivity index (χ0n) is 12.7. The molecule has 0 spiro atoms. The van der Waals surface area contributed by atoms with E-state index in [1.807, 2.05) is 38.1 Å². The summed E-state index contributed by atoms with van der Waals surface area (Å²) in [5.74, 6) is 0.0394. The van der Waals surface area contributed by atoms with Crippen molar-refractivity contribution in [3.63, 3.8) is 0 Å². The maximum Gasteiger partial charge on any atom is 0.237 e. The molecule has 1 aromatic rings. The monoisotopic (exact) mass is 296 g/mol. The second kappa shape index (κ2) is 8.28. The van der Waals surface area contributed by atoms with Crippen LogP contribution in [-0.2, 0) is 4.79 Å². The third-order valence-corrected chi connectivity index (χ3v) is 3.94. The standard InChI is InChI=1S/C16H25ClN2O/c1-5-13(6-2)19-16(20)12(4)18-11(3)14-9-7-8-10-15(14)17/h7-13,18H,5-6H2,1-4H3,(H,19,20)/t11-,12?/m1/s1. The van der Waals surface area contributed by atoms with E-state index in [4.69, 9.17) is 11.6 Å². The number of benzene rings is 1. The Morgan fingerprint density at radius 2 is 1.80 bits per heavy atom. The molecule has 0 bridgehead atoms. The van der Waals surface area contributed by atoms with E-state index in [-0.39, 0.29) is 24.0 Å². The first kappa shape index (κ1) is 17.0. The van der Waals surface area contributed by atoms with Gasteiger partial charge in [-0.15, -0.1) is 0 Å². The molecule has 0 fully saturated rings. The minimum absolute atomic E-state index is 0.0335. The van der Waals surface area contributed by atoms with Crippen LogP contribution < -0.4 is 10.6 Å². The van der Waals surface area contributed by atoms with Crippen molar-refractivity contribution < 1.29 is 4.79 Å². The third kappa shape index (κ3) is 4.80. The highest BCUT2D eigenvalue weighted by molar-refractivity contribution is 6.31. The average molecular weight is 297 g/mol. The lowest BCUT2D eigenvalue weighted by atomic mass is 10.1. The normalized spacial score (nSPS) is 14.1. The van der Waals surface area contributed by atoms with Crippen LogP contribution in [0.15, 0.2) is 24.3 Å². The van der Waals surface area contributed by atoms with Crippen molar-refractivity contribution in [2.45, 2.75) is 58.7 Å². The van der Waals surface area contributed by atoms with E-state index in [0.717, 1.165) is 23.4 Å². The number of nitrogens with one attached hydrogen (secondary N) is 2. The number of halogens is 1. The largest absolute Gasteiger partial charge is 0.352 e. The maximum absolute atomic E-state index is 12.1. The van der Waals surface area contributed by atoms with Gasteiger partial charge in [0.2, 0.25) is 5.91 Å². The zero-order chi connectivity index (χ0) is 15.1. The molecule has 20 heavy (non-hydrogen) atoms. The first-order valence-corrected chi connectivity index (χ1v) is 7.68. The van der Waals surface area contributed by atoms with Crippen molar-refractivity contribution in [3.8, 4) is 0 Å². The van der Waals surface area contributed by atoms with Crippen LogP contribution in [0.3, 0.4) is 0 Å². The van der Waals surface area contributed by atoms with Crippen LogP contribution in [0, 0.1) is 0 Å².